The summed E-state index contributed by atoms with van der Waals surface area (Å²) < 4.78 is 3.59. The van der Waals surface area contributed by atoms with Crippen LogP contribution in [0.1, 0.15) is 45.4 Å². The number of hydrogen-bond acceptors (Lipinski definition) is 3. The van der Waals surface area contributed by atoms with Crippen molar-refractivity contribution in [3.05, 3.63) is 34.7 Å². The van der Waals surface area contributed by atoms with Gasteiger partial charge in [-0.1, -0.05) is 19.1 Å². The summed E-state index contributed by atoms with van der Waals surface area (Å²) >= 11 is 0. The van der Waals surface area contributed by atoms with Crippen molar-refractivity contribution in [2.24, 2.45) is 0 Å². The maximum Gasteiger partial charge on any atom is 0.329 e. The lowest BCUT2D eigenvalue weighted by Gasteiger charge is -2.35. The van der Waals surface area contributed by atoms with E-state index in [4.69, 9.17) is 0 Å². The van der Waals surface area contributed by atoms with Crippen LogP contribution in [0.4, 0.5) is 0 Å². The first kappa shape index (κ1) is 20.9. The van der Waals surface area contributed by atoms with Gasteiger partial charge in [-0.15, -0.1) is 12.4 Å². The minimum absolute atomic E-state index is 0. The summed E-state index contributed by atoms with van der Waals surface area (Å²) in [4.78, 5) is 27.6. The number of aryl methyl sites for hydroxylation is 2. The lowest BCUT2D eigenvalue weighted by Crippen LogP contribution is -2.48. The van der Waals surface area contributed by atoms with Gasteiger partial charge in [-0.05, 0) is 44.2 Å². The fourth-order valence-electron chi connectivity index (χ4n) is 4.86. The van der Waals surface area contributed by atoms with Crippen molar-refractivity contribution in [3.8, 4) is 0 Å². The molecule has 0 radical (unpaired) electrons. The first-order valence-electron chi connectivity index (χ1n) is 10.3. The number of nitrogens with one attached hydrogen (secondary N) is 1. The fraction of sp³-hybridized carbons (Fsp3) is 0.619. The standard InChI is InChI=1S/C21H30N4O2.ClH/c1-3-11-24-18-6-4-5-7-19(18)25(21(24)27)12-10-20(26)23(2)17-13-15-8-9-16(14-17)22-15;/h4-7,15-17,22H,3,8-14H2,1-2H3;1H. The molecular weight excluding hydrogens is 376 g/mol. The fourth-order valence-corrected chi connectivity index (χ4v) is 4.86. The molecule has 2 atom stereocenters. The Morgan fingerprint density at radius 2 is 1.68 bits per heavy atom. The summed E-state index contributed by atoms with van der Waals surface area (Å²) in [5, 5.41) is 3.63. The third-order valence-electron chi connectivity index (χ3n) is 6.31. The van der Waals surface area contributed by atoms with Crippen LogP contribution < -0.4 is 11.0 Å². The van der Waals surface area contributed by atoms with Gasteiger partial charge in [0.2, 0.25) is 5.91 Å². The van der Waals surface area contributed by atoms with Crippen LogP contribution in [-0.4, -0.2) is 45.1 Å². The van der Waals surface area contributed by atoms with Crippen molar-refractivity contribution in [3.63, 3.8) is 0 Å². The van der Waals surface area contributed by atoms with E-state index in [-0.39, 0.29) is 24.0 Å². The van der Waals surface area contributed by atoms with E-state index < -0.39 is 0 Å². The second kappa shape index (κ2) is 8.70. The van der Waals surface area contributed by atoms with Crippen molar-refractivity contribution in [2.75, 3.05) is 7.05 Å². The van der Waals surface area contributed by atoms with Gasteiger partial charge < -0.3 is 10.2 Å². The molecule has 28 heavy (non-hydrogen) atoms. The number of carbonyl (C=O) groups excluding carboxylic acids is 1. The highest BCUT2D eigenvalue weighted by Crippen LogP contribution is 2.29. The molecule has 0 spiro atoms. The third kappa shape index (κ3) is 3.85. The molecule has 2 aromatic rings. The average Bonchev–Trinajstić information content (AvgIpc) is 3.16. The number of carbonyl (C=O) groups is 1. The molecule has 2 fully saturated rings. The monoisotopic (exact) mass is 406 g/mol. The second-order valence-electron chi connectivity index (χ2n) is 8.09. The Bertz CT molecular complexity index is 878. The number of amides is 1. The maximum atomic E-state index is 12.8. The van der Waals surface area contributed by atoms with E-state index in [1.165, 1.54) is 12.8 Å². The zero-order chi connectivity index (χ0) is 19.0. The smallest absolute Gasteiger partial charge is 0.329 e. The SMILES string of the molecule is CCCn1c(=O)n(CCC(=O)N(C)C2CC3CCC(C2)N3)c2ccccc21.Cl. The molecule has 2 unspecified atom stereocenters. The molecule has 4 rings (SSSR count). The summed E-state index contributed by atoms with van der Waals surface area (Å²) in [5.41, 5.74) is 1.87. The lowest BCUT2D eigenvalue weighted by atomic mass is 9.98. The predicted molar refractivity (Wildman–Crippen MR) is 114 cm³/mol. The molecule has 1 aromatic heterocycles. The second-order valence-corrected chi connectivity index (χ2v) is 8.09. The van der Waals surface area contributed by atoms with Crippen LogP contribution in [0, 0.1) is 0 Å². The number of halogens is 1. The Morgan fingerprint density at radius 1 is 1.11 bits per heavy atom. The number of imidazole rings is 1. The highest BCUT2D eigenvalue weighted by atomic mass is 35.5. The van der Waals surface area contributed by atoms with Crippen LogP contribution in [0.15, 0.2) is 29.1 Å². The van der Waals surface area contributed by atoms with E-state index in [0.29, 0.717) is 37.6 Å². The van der Waals surface area contributed by atoms with Gasteiger partial charge in [0.1, 0.15) is 0 Å². The third-order valence-corrected chi connectivity index (χ3v) is 6.31. The highest BCUT2D eigenvalue weighted by Gasteiger charge is 2.36. The van der Waals surface area contributed by atoms with Gasteiger partial charge in [-0.25, -0.2) is 4.79 Å². The summed E-state index contributed by atoms with van der Waals surface area (Å²) in [5.74, 6) is 0.139. The first-order valence-corrected chi connectivity index (χ1v) is 10.3. The molecule has 0 aliphatic carbocycles. The zero-order valence-electron chi connectivity index (χ0n) is 16.8. The van der Waals surface area contributed by atoms with Gasteiger partial charge in [-0.3, -0.25) is 13.9 Å². The van der Waals surface area contributed by atoms with Gasteiger partial charge in [0, 0.05) is 44.7 Å². The number of aromatic nitrogens is 2. The number of para-hydroxylation sites is 2. The van der Waals surface area contributed by atoms with Gasteiger partial charge >= 0.3 is 5.69 Å². The first-order chi connectivity index (χ1) is 13.1. The van der Waals surface area contributed by atoms with Crippen molar-refractivity contribution < 1.29 is 4.79 Å². The molecule has 7 heteroatoms. The molecule has 2 saturated heterocycles. The van der Waals surface area contributed by atoms with Crippen molar-refractivity contribution >= 4 is 29.3 Å². The molecule has 3 heterocycles. The van der Waals surface area contributed by atoms with Gasteiger partial charge in [0.15, 0.2) is 0 Å². The summed E-state index contributed by atoms with van der Waals surface area (Å²) in [7, 11) is 1.93. The summed E-state index contributed by atoms with van der Waals surface area (Å²) in [6.07, 6.45) is 5.84. The van der Waals surface area contributed by atoms with Crippen LogP contribution in [0.3, 0.4) is 0 Å². The molecule has 2 aliphatic heterocycles. The lowest BCUT2D eigenvalue weighted by molar-refractivity contribution is -0.132. The summed E-state index contributed by atoms with van der Waals surface area (Å²) in [6.45, 7) is 3.22. The van der Waals surface area contributed by atoms with E-state index in [1.54, 1.807) is 4.57 Å². The van der Waals surface area contributed by atoms with Crippen molar-refractivity contribution in [1.82, 2.24) is 19.4 Å². The van der Waals surface area contributed by atoms with Gasteiger partial charge in [0.25, 0.3) is 0 Å². The average molecular weight is 407 g/mol. The molecule has 154 valence electrons. The Morgan fingerprint density at radius 3 is 2.25 bits per heavy atom. The van der Waals surface area contributed by atoms with Crippen molar-refractivity contribution in [1.29, 1.82) is 0 Å². The number of fused-ring (bicyclic) bond motifs is 3. The van der Waals surface area contributed by atoms with Crippen LogP contribution in [-0.2, 0) is 17.9 Å². The van der Waals surface area contributed by atoms with E-state index in [2.05, 4.69) is 12.2 Å². The van der Waals surface area contributed by atoms with Crippen LogP contribution in [0.2, 0.25) is 0 Å². The molecule has 1 amide bonds. The molecule has 2 aliphatic rings. The predicted octanol–water partition coefficient (Wildman–Crippen LogP) is 2.77. The highest BCUT2D eigenvalue weighted by molar-refractivity contribution is 5.85. The van der Waals surface area contributed by atoms with E-state index >= 15 is 0 Å². The largest absolute Gasteiger partial charge is 0.343 e. The number of benzene rings is 1. The van der Waals surface area contributed by atoms with Crippen LogP contribution in [0.5, 0.6) is 0 Å². The Labute approximate surface area is 172 Å². The Kier molecular flexibility index (Phi) is 6.50. The maximum absolute atomic E-state index is 12.8. The molecular formula is C21H31ClN4O2. The number of hydrogen-bond donors (Lipinski definition) is 1. The topological polar surface area (TPSA) is 59.3 Å². The molecule has 1 N–H and O–H groups in total. The van der Waals surface area contributed by atoms with Crippen LogP contribution in [0.25, 0.3) is 11.0 Å². The van der Waals surface area contributed by atoms with E-state index in [9.17, 15) is 9.59 Å². The van der Waals surface area contributed by atoms with E-state index in [0.717, 1.165) is 30.3 Å². The molecule has 6 nitrogen and oxygen atoms in total. The van der Waals surface area contributed by atoms with Gasteiger partial charge in [-0.2, -0.15) is 0 Å². The Hall–Kier alpha value is -1.79. The minimum Gasteiger partial charge on any atom is -0.343 e. The van der Waals surface area contributed by atoms with Crippen LogP contribution >= 0.6 is 12.4 Å². The number of piperidine rings is 1. The number of nitrogens with zero attached hydrogens (tertiary/aromatic N) is 3. The zero-order valence-corrected chi connectivity index (χ0v) is 17.6. The summed E-state index contributed by atoms with van der Waals surface area (Å²) in [6, 6.07) is 9.34. The normalized spacial score (nSPS) is 23.6. The number of rotatable bonds is 6. The molecule has 0 saturated carbocycles. The molecule has 1 aromatic carbocycles. The quantitative estimate of drug-likeness (QED) is 0.802. The van der Waals surface area contributed by atoms with Crippen molar-refractivity contribution in [2.45, 2.75) is 76.7 Å². The Balaban J connectivity index is 0.00000225. The molecule has 2 bridgehead atoms. The van der Waals surface area contributed by atoms with Gasteiger partial charge in [0.05, 0.1) is 11.0 Å². The minimum atomic E-state index is -0.00610. The van der Waals surface area contributed by atoms with E-state index in [1.807, 2.05) is 40.8 Å².